The fourth-order valence-electron chi connectivity index (χ4n) is 2.67. The van der Waals surface area contributed by atoms with Gasteiger partial charge < -0.3 is 5.32 Å². The van der Waals surface area contributed by atoms with Crippen molar-refractivity contribution in [2.45, 2.75) is 77.9 Å². The second-order valence-electron chi connectivity index (χ2n) is 7.05. The predicted octanol–water partition coefficient (Wildman–Crippen LogP) is 3.27. The molecule has 2 nitrogen and oxygen atoms in total. The Morgan fingerprint density at radius 2 is 1.72 bits per heavy atom. The molecular formula is C16H32N2. The lowest BCUT2D eigenvalue weighted by molar-refractivity contribution is 0.143. The molecule has 0 bridgehead atoms. The van der Waals surface area contributed by atoms with Crippen LogP contribution in [-0.4, -0.2) is 36.1 Å². The zero-order chi connectivity index (χ0) is 13.1. The molecule has 2 aliphatic carbocycles. The van der Waals surface area contributed by atoms with Crippen molar-refractivity contribution in [3.05, 3.63) is 0 Å². The first-order valence-corrected chi connectivity index (χ1v) is 8.07. The first-order valence-electron chi connectivity index (χ1n) is 8.07. The third-order valence-corrected chi connectivity index (χ3v) is 4.63. The molecule has 0 aromatic carbocycles. The van der Waals surface area contributed by atoms with Gasteiger partial charge in [-0.15, -0.1) is 0 Å². The Balaban J connectivity index is 1.75. The average molecular weight is 252 g/mol. The van der Waals surface area contributed by atoms with Gasteiger partial charge in [0.2, 0.25) is 0 Å². The highest BCUT2D eigenvalue weighted by atomic mass is 15.2. The molecule has 2 rings (SSSR count). The standard InChI is InChI=1S/C16H32N2/c1-12(2)9-10-18(16-7-8-16)14(4)13(3)11-17-15-5-6-15/h12-17H,5-11H2,1-4H3. The van der Waals surface area contributed by atoms with Gasteiger partial charge in [0.25, 0.3) is 0 Å². The second kappa shape index (κ2) is 6.38. The smallest absolute Gasteiger partial charge is 0.0108 e. The van der Waals surface area contributed by atoms with Gasteiger partial charge in [0.05, 0.1) is 0 Å². The normalized spacial score (nSPS) is 23.7. The molecule has 0 amide bonds. The van der Waals surface area contributed by atoms with Gasteiger partial charge in [-0.1, -0.05) is 20.8 Å². The number of rotatable bonds is 9. The lowest BCUT2D eigenvalue weighted by atomic mass is 10.0. The van der Waals surface area contributed by atoms with Crippen molar-refractivity contribution >= 4 is 0 Å². The van der Waals surface area contributed by atoms with Crippen LogP contribution in [0.5, 0.6) is 0 Å². The third-order valence-electron chi connectivity index (χ3n) is 4.63. The van der Waals surface area contributed by atoms with Gasteiger partial charge in [0, 0.05) is 18.1 Å². The predicted molar refractivity (Wildman–Crippen MR) is 78.8 cm³/mol. The van der Waals surface area contributed by atoms with Gasteiger partial charge in [0.15, 0.2) is 0 Å². The van der Waals surface area contributed by atoms with Gasteiger partial charge in [-0.25, -0.2) is 0 Å². The fraction of sp³-hybridized carbons (Fsp3) is 1.00. The van der Waals surface area contributed by atoms with Crippen LogP contribution < -0.4 is 5.32 Å². The lowest BCUT2D eigenvalue weighted by Crippen LogP contribution is -2.43. The van der Waals surface area contributed by atoms with Gasteiger partial charge in [0.1, 0.15) is 0 Å². The topological polar surface area (TPSA) is 15.3 Å². The van der Waals surface area contributed by atoms with Crippen LogP contribution in [0.4, 0.5) is 0 Å². The van der Waals surface area contributed by atoms with Crippen molar-refractivity contribution in [2.24, 2.45) is 11.8 Å². The SMILES string of the molecule is CC(C)CCN(C1CC1)C(C)C(C)CNC1CC1. The summed E-state index contributed by atoms with van der Waals surface area (Å²) >= 11 is 0. The highest BCUT2D eigenvalue weighted by Gasteiger charge is 2.34. The van der Waals surface area contributed by atoms with E-state index in [1.807, 2.05) is 0 Å². The molecule has 0 radical (unpaired) electrons. The molecule has 0 heterocycles. The average Bonchev–Trinajstić information content (AvgIpc) is 3.17. The van der Waals surface area contributed by atoms with E-state index in [1.54, 1.807) is 0 Å². The largest absolute Gasteiger partial charge is 0.314 e. The maximum Gasteiger partial charge on any atom is 0.0108 e. The molecule has 2 heteroatoms. The number of hydrogen-bond acceptors (Lipinski definition) is 2. The molecule has 18 heavy (non-hydrogen) atoms. The van der Waals surface area contributed by atoms with Crippen LogP contribution >= 0.6 is 0 Å². The summed E-state index contributed by atoms with van der Waals surface area (Å²) in [5.74, 6) is 1.61. The summed E-state index contributed by atoms with van der Waals surface area (Å²) in [5, 5.41) is 3.69. The Bertz CT molecular complexity index is 243. The summed E-state index contributed by atoms with van der Waals surface area (Å²) in [4.78, 5) is 2.79. The zero-order valence-corrected chi connectivity index (χ0v) is 12.8. The van der Waals surface area contributed by atoms with E-state index in [1.165, 1.54) is 45.2 Å². The Morgan fingerprint density at radius 1 is 1.06 bits per heavy atom. The van der Waals surface area contributed by atoms with E-state index in [0.717, 1.165) is 30.0 Å². The minimum Gasteiger partial charge on any atom is -0.314 e. The van der Waals surface area contributed by atoms with Crippen molar-refractivity contribution in [2.75, 3.05) is 13.1 Å². The molecule has 0 spiro atoms. The molecule has 2 fully saturated rings. The minimum absolute atomic E-state index is 0.738. The molecule has 106 valence electrons. The minimum atomic E-state index is 0.738. The van der Waals surface area contributed by atoms with Gasteiger partial charge in [-0.05, 0) is 64.0 Å². The van der Waals surface area contributed by atoms with E-state index in [-0.39, 0.29) is 0 Å². The summed E-state index contributed by atoms with van der Waals surface area (Å²) in [7, 11) is 0. The van der Waals surface area contributed by atoms with Crippen LogP contribution in [0.15, 0.2) is 0 Å². The van der Waals surface area contributed by atoms with Crippen LogP contribution in [0.1, 0.15) is 59.8 Å². The lowest BCUT2D eigenvalue weighted by Gasteiger charge is -2.34. The van der Waals surface area contributed by atoms with E-state index in [0.29, 0.717) is 0 Å². The number of hydrogen-bond donors (Lipinski definition) is 1. The molecule has 0 saturated heterocycles. The molecule has 0 aliphatic heterocycles. The van der Waals surface area contributed by atoms with Gasteiger partial charge in [-0.3, -0.25) is 4.90 Å². The molecule has 1 N–H and O–H groups in total. The fourth-order valence-corrected chi connectivity index (χ4v) is 2.67. The highest BCUT2D eigenvalue weighted by molar-refractivity contribution is 4.90. The summed E-state index contributed by atoms with van der Waals surface area (Å²) in [6, 6.07) is 2.49. The Labute approximate surface area is 114 Å². The zero-order valence-electron chi connectivity index (χ0n) is 12.8. The van der Waals surface area contributed by atoms with Crippen LogP contribution in [0.25, 0.3) is 0 Å². The highest BCUT2D eigenvalue weighted by Crippen LogP contribution is 2.31. The Morgan fingerprint density at radius 3 is 2.22 bits per heavy atom. The molecule has 2 unspecified atom stereocenters. The van der Waals surface area contributed by atoms with Crippen LogP contribution in [0.3, 0.4) is 0 Å². The van der Waals surface area contributed by atoms with E-state index < -0.39 is 0 Å². The van der Waals surface area contributed by atoms with Crippen molar-refractivity contribution in [1.29, 1.82) is 0 Å². The van der Waals surface area contributed by atoms with E-state index in [2.05, 4.69) is 37.9 Å². The maximum absolute atomic E-state index is 3.69. The van der Waals surface area contributed by atoms with Crippen molar-refractivity contribution in [1.82, 2.24) is 10.2 Å². The van der Waals surface area contributed by atoms with Crippen LogP contribution in [-0.2, 0) is 0 Å². The second-order valence-corrected chi connectivity index (χ2v) is 7.05. The Hall–Kier alpha value is -0.0800. The molecule has 2 aliphatic rings. The first kappa shape index (κ1) is 14.3. The Kier molecular flexibility index (Phi) is 5.08. The summed E-state index contributed by atoms with van der Waals surface area (Å²) in [5.41, 5.74) is 0. The molecule has 0 aromatic rings. The van der Waals surface area contributed by atoms with Gasteiger partial charge in [-0.2, -0.15) is 0 Å². The van der Waals surface area contributed by atoms with Crippen LogP contribution in [0, 0.1) is 11.8 Å². The molecule has 0 aromatic heterocycles. The van der Waals surface area contributed by atoms with E-state index >= 15 is 0 Å². The molecule has 2 saturated carbocycles. The monoisotopic (exact) mass is 252 g/mol. The van der Waals surface area contributed by atoms with Gasteiger partial charge >= 0.3 is 0 Å². The maximum atomic E-state index is 3.69. The van der Waals surface area contributed by atoms with Crippen molar-refractivity contribution < 1.29 is 0 Å². The van der Waals surface area contributed by atoms with Crippen LogP contribution in [0.2, 0.25) is 0 Å². The molecular weight excluding hydrogens is 220 g/mol. The number of nitrogens with one attached hydrogen (secondary N) is 1. The van der Waals surface area contributed by atoms with E-state index in [4.69, 9.17) is 0 Å². The first-order chi connectivity index (χ1) is 8.58. The van der Waals surface area contributed by atoms with E-state index in [9.17, 15) is 0 Å². The molecule has 2 atom stereocenters. The summed E-state index contributed by atoms with van der Waals surface area (Å²) in [6.45, 7) is 12.1. The quantitative estimate of drug-likeness (QED) is 0.677. The summed E-state index contributed by atoms with van der Waals surface area (Å²) < 4.78 is 0. The van der Waals surface area contributed by atoms with Crippen molar-refractivity contribution in [3.8, 4) is 0 Å². The third kappa shape index (κ3) is 4.55. The summed E-state index contributed by atoms with van der Waals surface area (Å²) in [6.07, 6.45) is 7.03. The number of nitrogens with zero attached hydrogens (tertiary/aromatic N) is 1. The van der Waals surface area contributed by atoms with Crippen molar-refractivity contribution in [3.63, 3.8) is 0 Å².